The quantitative estimate of drug-likeness (QED) is 0.638. The van der Waals surface area contributed by atoms with Crippen LogP contribution in [0.4, 0.5) is 16.1 Å². The second kappa shape index (κ2) is 8.52. The van der Waals surface area contributed by atoms with Gasteiger partial charge in [-0.25, -0.2) is 4.39 Å². The maximum atomic E-state index is 14.1. The van der Waals surface area contributed by atoms with Crippen LogP contribution >= 0.6 is 0 Å². The van der Waals surface area contributed by atoms with Crippen LogP contribution in [-0.4, -0.2) is 43.3 Å². The van der Waals surface area contributed by atoms with E-state index in [2.05, 4.69) is 10.1 Å². The fourth-order valence-electron chi connectivity index (χ4n) is 3.67. The number of rotatable bonds is 5. The van der Waals surface area contributed by atoms with Crippen molar-refractivity contribution in [2.24, 2.45) is 5.92 Å². The minimum absolute atomic E-state index is 0.125. The Balaban J connectivity index is 1.47. The van der Waals surface area contributed by atoms with Gasteiger partial charge in [-0.1, -0.05) is 17.3 Å². The van der Waals surface area contributed by atoms with E-state index in [-0.39, 0.29) is 17.5 Å². The molecule has 30 heavy (non-hydrogen) atoms. The molecule has 0 N–H and O–H groups in total. The molecule has 2 heterocycles. The predicted octanol–water partition coefficient (Wildman–Crippen LogP) is 3.76. The van der Waals surface area contributed by atoms with Gasteiger partial charge in [0.25, 0.3) is 0 Å². The molecule has 7 nitrogen and oxygen atoms in total. The topological polar surface area (TPSA) is 71.7 Å². The molecule has 3 aromatic rings. The van der Waals surface area contributed by atoms with Gasteiger partial charge in [0.15, 0.2) is 0 Å². The van der Waals surface area contributed by atoms with Crippen LogP contribution in [0.25, 0.3) is 11.4 Å². The van der Waals surface area contributed by atoms with Crippen molar-refractivity contribution >= 4 is 17.6 Å². The number of carbonyl (C=O) groups is 1. The largest absolute Gasteiger partial charge is 0.497 e. The van der Waals surface area contributed by atoms with Gasteiger partial charge in [-0.3, -0.25) is 4.79 Å². The Bertz CT molecular complexity index is 1020. The number of halogens is 1. The number of anilines is 2. The number of piperidine rings is 1. The Morgan fingerprint density at radius 1 is 1.23 bits per heavy atom. The number of para-hydroxylation sites is 1. The van der Waals surface area contributed by atoms with Crippen molar-refractivity contribution in [3.8, 4) is 17.1 Å². The highest BCUT2D eigenvalue weighted by Gasteiger charge is 2.31. The molecule has 1 aliphatic rings. The monoisotopic (exact) mass is 410 g/mol. The molecule has 2 aromatic carbocycles. The highest BCUT2D eigenvalue weighted by atomic mass is 19.1. The highest BCUT2D eigenvalue weighted by molar-refractivity contribution is 5.95. The number of hydrogen-bond acceptors (Lipinski definition) is 6. The first-order valence-electron chi connectivity index (χ1n) is 9.82. The van der Waals surface area contributed by atoms with E-state index in [9.17, 15) is 9.18 Å². The Labute approximate surface area is 174 Å². The molecule has 1 aliphatic heterocycles. The Hall–Kier alpha value is -3.42. The van der Waals surface area contributed by atoms with Crippen LogP contribution in [0, 0.1) is 11.7 Å². The molecule has 8 heteroatoms. The normalized spacial score (nSPS) is 16.4. The number of carbonyl (C=O) groups excluding carboxylic acids is 1. The standard InChI is InChI=1S/C22H23FN4O3/c1-26(19-8-4-3-7-18(19)23)21(28)16-6-5-13-27(14-16)22-24-20(25-30-22)15-9-11-17(29-2)12-10-15/h3-4,7-12,16H,5-6,13-14H2,1-2H3/t16-/m0/s1. The lowest BCUT2D eigenvalue weighted by atomic mass is 9.96. The van der Waals surface area contributed by atoms with E-state index in [1.807, 2.05) is 29.2 Å². The zero-order chi connectivity index (χ0) is 21.1. The van der Waals surface area contributed by atoms with Crippen LogP contribution < -0.4 is 14.5 Å². The summed E-state index contributed by atoms with van der Waals surface area (Å²) in [6.45, 7) is 1.17. The van der Waals surface area contributed by atoms with Crippen LogP contribution in [0.1, 0.15) is 12.8 Å². The van der Waals surface area contributed by atoms with Crippen molar-refractivity contribution in [3.63, 3.8) is 0 Å². The molecule has 1 aromatic heterocycles. The number of aromatic nitrogens is 2. The molecule has 1 saturated heterocycles. The molecule has 0 saturated carbocycles. The average Bonchev–Trinajstić information content (AvgIpc) is 3.29. The van der Waals surface area contributed by atoms with Crippen molar-refractivity contribution in [2.75, 3.05) is 37.0 Å². The first kappa shape index (κ1) is 19.9. The number of hydrogen-bond donors (Lipinski definition) is 0. The Morgan fingerprint density at radius 3 is 2.73 bits per heavy atom. The molecular weight excluding hydrogens is 387 g/mol. The third kappa shape index (κ3) is 3.98. The molecule has 0 aliphatic carbocycles. The molecule has 0 spiro atoms. The zero-order valence-corrected chi connectivity index (χ0v) is 16.9. The summed E-state index contributed by atoms with van der Waals surface area (Å²) in [5, 5.41) is 4.07. The van der Waals surface area contributed by atoms with Crippen LogP contribution in [0.15, 0.2) is 53.1 Å². The van der Waals surface area contributed by atoms with Gasteiger partial charge in [-0.2, -0.15) is 4.98 Å². The summed E-state index contributed by atoms with van der Waals surface area (Å²) in [5.41, 5.74) is 1.09. The first-order chi connectivity index (χ1) is 14.6. The van der Waals surface area contributed by atoms with E-state index in [4.69, 9.17) is 9.26 Å². The minimum Gasteiger partial charge on any atom is -0.497 e. The lowest BCUT2D eigenvalue weighted by molar-refractivity contribution is -0.122. The predicted molar refractivity (Wildman–Crippen MR) is 111 cm³/mol. The van der Waals surface area contributed by atoms with E-state index >= 15 is 0 Å². The molecule has 4 rings (SSSR count). The molecule has 0 radical (unpaired) electrons. The lowest BCUT2D eigenvalue weighted by Gasteiger charge is -2.32. The number of benzene rings is 2. The van der Waals surface area contributed by atoms with Gasteiger partial charge in [-0.15, -0.1) is 0 Å². The van der Waals surface area contributed by atoms with E-state index in [1.54, 1.807) is 32.4 Å². The highest BCUT2D eigenvalue weighted by Crippen LogP contribution is 2.28. The SMILES string of the molecule is COc1ccc(-c2noc(N3CCC[C@H](C(=O)N(C)c4ccccc4F)C3)n2)cc1. The van der Waals surface area contributed by atoms with Gasteiger partial charge in [0, 0.05) is 25.7 Å². The van der Waals surface area contributed by atoms with Crippen molar-refractivity contribution < 1.29 is 18.4 Å². The second-order valence-electron chi connectivity index (χ2n) is 7.26. The van der Waals surface area contributed by atoms with Crippen LogP contribution in [0.3, 0.4) is 0 Å². The number of nitrogens with zero attached hydrogens (tertiary/aromatic N) is 4. The maximum Gasteiger partial charge on any atom is 0.324 e. The van der Waals surface area contributed by atoms with Gasteiger partial charge in [-0.05, 0) is 49.2 Å². The van der Waals surface area contributed by atoms with E-state index in [1.165, 1.54) is 11.0 Å². The molecular formula is C22H23FN4O3. The Kier molecular flexibility index (Phi) is 5.65. The number of ether oxygens (including phenoxy) is 1. The maximum absolute atomic E-state index is 14.1. The molecule has 1 fully saturated rings. The van der Waals surface area contributed by atoms with Crippen molar-refractivity contribution in [2.45, 2.75) is 12.8 Å². The van der Waals surface area contributed by atoms with Crippen LogP contribution in [0.5, 0.6) is 5.75 Å². The third-order valence-corrected chi connectivity index (χ3v) is 5.35. The van der Waals surface area contributed by atoms with Gasteiger partial charge >= 0.3 is 6.01 Å². The van der Waals surface area contributed by atoms with Crippen molar-refractivity contribution in [1.82, 2.24) is 10.1 Å². The summed E-state index contributed by atoms with van der Waals surface area (Å²) >= 11 is 0. The Morgan fingerprint density at radius 2 is 2.00 bits per heavy atom. The molecule has 0 bridgehead atoms. The van der Waals surface area contributed by atoms with E-state index in [0.29, 0.717) is 18.4 Å². The summed E-state index contributed by atoms with van der Waals surface area (Å²) < 4.78 is 24.7. The minimum atomic E-state index is -0.415. The second-order valence-corrected chi connectivity index (χ2v) is 7.26. The number of methoxy groups -OCH3 is 1. The van der Waals surface area contributed by atoms with E-state index < -0.39 is 5.82 Å². The third-order valence-electron chi connectivity index (χ3n) is 5.35. The fraction of sp³-hybridized carbons (Fsp3) is 0.318. The van der Waals surface area contributed by atoms with Gasteiger partial charge in [0.2, 0.25) is 11.7 Å². The zero-order valence-electron chi connectivity index (χ0n) is 16.9. The van der Waals surface area contributed by atoms with Gasteiger partial charge in [0.05, 0.1) is 18.7 Å². The number of amides is 1. The fourth-order valence-corrected chi connectivity index (χ4v) is 3.67. The van der Waals surface area contributed by atoms with Gasteiger partial charge < -0.3 is 19.1 Å². The van der Waals surface area contributed by atoms with Gasteiger partial charge in [0.1, 0.15) is 11.6 Å². The smallest absolute Gasteiger partial charge is 0.324 e. The lowest BCUT2D eigenvalue weighted by Crippen LogP contribution is -2.44. The van der Waals surface area contributed by atoms with E-state index in [0.717, 1.165) is 30.7 Å². The van der Waals surface area contributed by atoms with Crippen molar-refractivity contribution in [1.29, 1.82) is 0 Å². The summed E-state index contributed by atoms with van der Waals surface area (Å²) in [4.78, 5) is 20.8. The molecule has 1 amide bonds. The summed E-state index contributed by atoms with van der Waals surface area (Å²) in [5.74, 6) is 0.407. The molecule has 1 atom stereocenters. The van der Waals surface area contributed by atoms with Crippen molar-refractivity contribution in [3.05, 3.63) is 54.3 Å². The summed E-state index contributed by atoms with van der Waals surface area (Å²) in [6, 6.07) is 14.0. The van der Waals surface area contributed by atoms with Crippen LogP contribution in [0.2, 0.25) is 0 Å². The van der Waals surface area contributed by atoms with Crippen LogP contribution in [-0.2, 0) is 4.79 Å². The average molecular weight is 410 g/mol. The molecule has 0 unspecified atom stereocenters. The summed E-state index contributed by atoms with van der Waals surface area (Å²) in [7, 11) is 3.22. The summed E-state index contributed by atoms with van der Waals surface area (Å²) in [6.07, 6.45) is 1.54. The first-order valence-corrected chi connectivity index (χ1v) is 9.82. The molecule has 156 valence electrons.